The Bertz CT molecular complexity index is 871. The number of benzene rings is 2. The van der Waals surface area contributed by atoms with Crippen molar-refractivity contribution in [1.29, 1.82) is 0 Å². The second-order valence-corrected chi connectivity index (χ2v) is 6.31. The molecule has 1 aromatic heterocycles. The van der Waals surface area contributed by atoms with Crippen LogP contribution in [0.1, 0.15) is 35.4 Å². The van der Waals surface area contributed by atoms with E-state index in [2.05, 4.69) is 47.5 Å². The molecule has 1 heterocycles. The fourth-order valence-electron chi connectivity index (χ4n) is 3.00. The molecule has 0 spiro atoms. The maximum absolute atomic E-state index is 5.26. The van der Waals surface area contributed by atoms with Gasteiger partial charge in [0.25, 0.3) is 0 Å². The van der Waals surface area contributed by atoms with Gasteiger partial charge in [-0.05, 0) is 59.8 Å². The van der Waals surface area contributed by atoms with E-state index in [-0.39, 0.29) is 0 Å². The van der Waals surface area contributed by atoms with E-state index in [4.69, 9.17) is 12.2 Å². The molecule has 21 heavy (non-hydrogen) atoms. The van der Waals surface area contributed by atoms with Crippen molar-refractivity contribution in [3.63, 3.8) is 0 Å². The van der Waals surface area contributed by atoms with Crippen molar-refractivity contribution >= 4 is 23.0 Å². The predicted molar refractivity (Wildman–Crippen MR) is 87.2 cm³/mol. The van der Waals surface area contributed by atoms with Crippen LogP contribution in [0.15, 0.2) is 36.7 Å². The third-order valence-electron chi connectivity index (χ3n) is 4.27. The van der Waals surface area contributed by atoms with E-state index in [1.54, 1.807) is 6.33 Å². The Hall–Kier alpha value is -1.94. The second-order valence-electron chi connectivity index (χ2n) is 5.93. The molecule has 1 saturated carbocycles. The summed E-state index contributed by atoms with van der Waals surface area (Å²) in [6, 6.07) is 11.3. The van der Waals surface area contributed by atoms with Gasteiger partial charge in [-0.15, -0.1) is 0 Å². The highest BCUT2D eigenvalue weighted by atomic mass is 32.1. The Balaban J connectivity index is 1.89. The molecule has 4 heteroatoms. The molecule has 106 valence electrons. The van der Waals surface area contributed by atoms with E-state index in [1.165, 1.54) is 40.3 Å². The molecule has 0 atom stereocenters. The van der Waals surface area contributed by atoms with E-state index in [0.717, 1.165) is 12.5 Å². The summed E-state index contributed by atoms with van der Waals surface area (Å²) in [6.07, 6.45) is 4.42. The molecule has 0 radical (unpaired) electrons. The van der Waals surface area contributed by atoms with E-state index in [1.807, 2.05) is 4.57 Å². The first kappa shape index (κ1) is 12.8. The Morgan fingerprint density at radius 1 is 1.24 bits per heavy atom. The van der Waals surface area contributed by atoms with Gasteiger partial charge in [0.1, 0.15) is 6.33 Å². The van der Waals surface area contributed by atoms with Crippen molar-refractivity contribution < 1.29 is 0 Å². The first-order chi connectivity index (χ1) is 10.2. The van der Waals surface area contributed by atoms with E-state index in [9.17, 15) is 0 Å². The lowest BCUT2D eigenvalue weighted by atomic mass is 9.95. The predicted octanol–water partition coefficient (Wildman–Crippen LogP) is 4.33. The molecule has 1 fully saturated rings. The fourth-order valence-corrected chi connectivity index (χ4v) is 3.16. The van der Waals surface area contributed by atoms with Gasteiger partial charge in [0.05, 0.1) is 6.54 Å². The minimum absolute atomic E-state index is 0.669. The molecule has 2 aromatic carbocycles. The Kier molecular flexibility index (Phi) is 2.93. The van der Waals surface area contributed by atoms with Crippen molar-refractivity contribution in [3.05, 3.63) is 58.1 Å². The molecule has 0 unspecified atom stereocenters. The summed E-state index contributed by atoms with van der Waals surface area (Å²) >= 11 is 5.26. The molecule has 0 bridgehead atoms. The van der Waals surface area contributed by atoms with Gasteiger partial charge in [-0.2, -0.15) is 5.10 Å². The number of aromatic amines is 1. The molecule has 0 saturated heterocycles. The first-order valence-corrected chi connectivity index (χ1v) is 7.75. The number of hydrogen-bond donors (Lipinski definition) is 1. The number of hydrogen-bond acceptors (Lipinski definition) is 2. The Morgan fingerprint density at radius 3 is 2.81 bits per heavy atom. The standard InChI is InChI=1S/C17H17N3S/c1-11-2-6-15-14(12-3-4-12)7-5-13(16(15)8-11)9-20-10-18-19-17(20)21/h2,5-8,10,12H,3-4,9H2,1H3,(H,19,21). The second kappa shape index (κ2) is 4.81. The number of nitrogens with one attached hydrogen (secondary N) is 1. The summed E-state index contributed by atoms with van der Waals surface area (Å²) in [4.78, 5) is 0. The summed E-state index contributed by atoms with van der Waals surface area (Å²) in [5.74, 6) is 0.764. The van der Waals surface area contributed by atoms with Gasteiger partial charge in [0.2, 0.25) is 0 Å². The zero-order valence-corrected chi connectivity index (χ0v) is 12.8. The summed E-state index contributed by atoms with van der Waals surface area (Å²) in [5.41, 5.74) is 4.10. The quantitative estimate of drug-likeness (QED) is 0.730. The number of aryl methyl sites for hydroxylation is 1. The molecule has 4 rings (SSSR count). The maximum Gasteiger partial charge on any atom is 0.195 e. The van der Waals surface area contributed by atoms with Crippen molar-refractivity contribution in [1.82, 2.24) is 14.8 Å². The largest absolute Gasteiger partial charge is 0.302 e. The summed E-state index contributed by atoms with van der Waals surface area (Å²) in [7, 11) is 0. The summed E-state index contributed by atoms with van der Waals surface area (Å²) < 4.78 is 2.64. The lowest BCUT2D eigenvalue weighted by molar-refractivity contribution is 0.787. The van der Waals surface area contributed by atoms with Crippen molar-refractivity contribution in [3.8, 4) is 0 Å². The molecule has 1 aliphatic rings. The highest BCUT2D eigenvalue weighted by Gasteiger charge is 2.25. The topological polar surface area (TPSA) is 33.6 Å². The van der Waals surface area contributed by atoms with Gasteiger partial charge in [0.15, 0.2) is 4.77 Å². The van der Waals surface area contributed by atoms with Gasteiger partial charge in [-0.3, -0.25) is 5.10 Å². The van der Waals surface area contributed by atoms with Crippen LogP contribution >= 0.6 is 12.2 Å². The summed E-state index contributed by atoms with van der Waals surface area (Å²) in [6.45, 7) is 2.91. The van der Waals surface area contributed by atoms with Crippen molar-refractivity contribution in [2.24, 2.45) is 0 Å². The Labute approximate surface area is 128 Å². The monoisotopic (exact) mass is 295 g/mol. The zero-order valence-electron chi connectivity index (χ0n) is 12.0. The lowest BCUT2D eigenvalue weighted by Crippen LogP contribution is -2.00. The maximum atomic E-state index is 5.26. The van der Waals surface area contributed by atoms with Crippen LogP contribution in [0.4, 0.5) is 0 Å². The minimum atomic E-state index is 0.669. The van der Waals surface area contributed by atoms with Crippen molar-refractivity contribution in [2.75, 3.05) is 0 Å². The van der Waals surface area contributed by atoms with E-state index < -0.39 is 0 Å². The number of nitrogens with zero attached hydrogens (tertiary/aromatic N) is 2. The van der Waals surface area contributed by atoms with Crippen LogP contribution < -0.4 is 0 Å². The van der Waals surface area contributed by atoms with Gasteiger partial charge in [-0.1, -0.05) is 35.9 Å². The normalized spacial score (nSPS) is 14.7. The van der Waals surface area contributed by atoms with Crippen LogP contribution in [0.2, 0.25) is 0 Å². The van der Waals surface area contributed by atoms with Crippen LogP contribution in [0.25, 0.3) is 10.8 Å². The number of aromatic nitrogens is 3. The third-order valence-corrected chi connectivity index (χ3v) is 4.60. The average molecular weight is 295 g/mol. The third kappa shape index (κ3) is 2.29. The number of fused-ring (bicyclic) bond motifs is 1. The minimum Gasteiger partial charge on any atom is -0.302 e. The molecule has 3 nitrogen and oxygen atoms in total. The van der Waals surface area contributed by atoms with Gasteiger partial charge >= 0.3 is 0 Å². The van der Waals surface area contributed by atoms with E-state index in [0.29, 0.717) is 4.77 Å². The van der Waals surface area contributed by atoms with Gasteiger partial charge in [0, 0.05) is 0 Å². The molecule has 3 aromatic rings. The average Bonchev–Trinajstić information content (AvgIpc) is 3.24. The number of H-pyrrole nitrogens is 1. The molecular formula is C17H17N3S. The zero-order chi connectivity index (χ0) is 14.4. The van der Waals surface area contributed by atoms with Crippen LogP contribution in [-0.2, 0) is 6.54 Å². The SMILES string of the molecule is Cc1ccc2c(C3CC3)ccc(Cn3cn[nH]c3=S)c2c1. The lowest BCUT2D eigenvalue weighted by Gasteiger charge is -2.12. The van der Waals surface area contributed by atoms with Crippen LogP contribution in [0, 0.1) is 11.7 Å². The molecule has 1 N–H and O–H groups in total. The van der Waals surface area contributed by atoms with Crippen LogP contribution in [-0.4, -0.2) is 14.8 Å². The molecule has 0 amide bonds. The smallest absolute Gasteiger partial charge is 0.195 e. The fraction of sp³-hybridized carbons (Fsp3) is 0.294. The van der Waals surface area contributed by atoms with Crippen LogP contribution in [0.5, 0.6) is 0 Å². The Morgan fingerprint density at radius 2 is 2.10 bits per heavy atom. The van der Waals surface area contributed by atoms with Gasteiger partial charge in [-0.25, -0.2) is 0 Å². The molecular weight excluding hydrogens is 278 g/mol. The molecule has 0 aliphatic heterocycles. The van der Waals surface area contributed by atoms with Crippen LogP contribution in [0.3, 0.4) is 0 Å². The summed E-state index contributed by atoms with van der Waals surface area (Å²) in [5, 5.41) is 9.57. The van der Waals surface area contributed by atoms with Crippen molar-refractivity contribution in [2.45, 2.75) is 32.2 Å². The van der Waals surface area contributed by atoms with E-state index >= 15 is 0 Å². The highest BCUT2D eigenvalue weighted by molar-refractivity contribution is 7.71. The molecule has 1 aliphatic carbocycles. The van der Waals surface area contributed by atoms with Gasteiger partial charge < -0.3 is 4.57 Å². The highest BCUT2D eigenvalue weighted by Crippen LogP contribution is 2.43. The first-order valence-electron chi connectivity index (χ1n) is 7.34. The number of rotatable bonds is 3.